The summed E-state index contributed by atoms with van der Waals surface area (Å²) < 4.78 is 16.8. The van der Waals surface area contributed by atoms with Crippen LogP contribution in [0.3, 0.4) is 0 Å². The fraction of sp³-hybridized carbons (Fsp3) is 0.276. The second kappa shape index (κ2) is 12.5. The fourth-order valence-corrected chi connectivity index (χ4v) is 4.52. The van der Waals surface area contributed by atoms with Gasteiger partial charge in [-0.05, 0) is 77.3 Å². The highest BCUT2D eigenvalue weighted by molar-refractivity contribution is 8.18. The van der Waals surface area contributed by atoms with Crippen molar-refractivity contribution in [2.45, 2.75) is 20.4 Å². The predicted octanol–water partition coefficient (Wildman–Crippen LogP) is 5.90. The van der Waals surface area contributed by atoms with Crippen molar-refractivity contribution in [1.29, 1.82) is 0 Å². The second-order valence-corrected chi connectivity index (χ2v) is 10.3. The van der Waals surface area contributed by atoms with Gasteiger partial charge in [0.25, 0.3) is 5.91 Å². The van der Waals surface area contributed by atoms with Crippen LogP contribution >= 0.6 is 11.8 Å². The summed E-state index contributed by atoms with van der Waals surface area (Å²) in [5, 5.41) is 9.14. The summed E-state index contributed by atoms with van der Waals surface area (Å²) >= 11 is 1.29. The van der Waals surface area contributed by atoms with Gasteiger partial charge in [-0.2, -0.15) is 5.10 Å². The SMILES string of the molecule is COc1cc(/C=N/N=C2\S/C(=C\c3ccc(N(C)C)cc3)C(=O)N2Cc2ccco2)ccc1OCC(C)C. The number of hydrogen-bond acceptors (Lipinski definition) is 8. The molecule has 8 nitrogen and oxygen atoms in total. The van der Waals surface area contributed by atoms with E-state index in [0.717, 1.165) is 16.8 Å². The maximum atomic E-state index is 13.3. The maximum absolute atomic E-state index is 13.3. The number of amides is 1. The van der Waals surface area contributed by atoms with Crippen molar-refractivity contribution in [1.82, 2.24) is 4.90 Å². The molecule has 0 atom stereocenters. The molecule has 198 valence electrons. The van der Waals surface area contributed by atoms with Gasteiger partial charge in [-0.15, -0.1) is 5.10 Å². The van der Waals surface area contributed by atoms with Crippen LogP contribution < -0.4 is 14.4 Å². The van der Waals surface area contributed by atoms with Crippen LogP contribution in [0.2, 0.25) is 0 Å². The van der Waals surface area contributed by atoms with E-state index >= 15 is 0 Å². The van der Waals surface area contributed by atoms with E-state index in [9.17, 15) is 4.79 Å². The zero-order chi connectivity index (χ0) is 27.1. The van der Waals surface area contributed by atoms with Gasteiger partial charge in [0.15, 0.2) is 16.7 Å². The van der Waals surface area contributed by atoms with Crippen molar-refractivity contribution in [3.8, 4) is 11.5 Å². The molecular weight excluding hydrogens is 500 g/mol. The minimum absolute atomic E-state index is 0.148. The number of anilines is 1. The molecule has 0 N–H and O–H groups in total. The largest absolute Gasteiger partial charge is 0.493 e. The molecule has 0 unspecified atom stereocenters. The van der Waals surface area contributed by atoms with Crippen molar-refractivity contribution in [3.05, 3.63) is 82.7 Å². The van der Waals surface area contributed by atoms with E-state index < -0.39 is 0 Å². The zero-order valence-electron chi connectivity index (χ0n) is 22.2. The molecule has 9 heteroatoms. The average Bonchev–Trinajstić information content (AvgIpc) is 3.52. The molecule has 1 aromatic heterocycles. The normalized spacial score (nSPS) is 15.8. The lowest BCUT2D eigenvalue weighted by Gasteiger charge is -2.13. The van der Waals surface area contributed by atoms with E-state index in [-0.39, 0.29) is 12.5 Å². The Labute approximate surface area is 227 Å². The molecule has 1 aliphatic heterocycles. The summed E-state index contributed by atoms with van der Waals surface area (Å²) in [6.45, 7) is 5.05. The minimum Gasteiger partial charge on any atom is -0.493 e. The lowest BCUT2D eigenvalue weighted by molar-refractivity contribution is -0.122. The Bertz CT molecular complexity index is 1330. The van der Waals surface area contributed by atoms with Gasteiger partial charge in [0, 0.05) is 19.8 Å². The van der Waals surface area contributed by atoms with Gasteiger partial charge in [-0.3, -0.25) is 9.69 Å². The molecule has 1 fully saturated rings. The van der Waals surface area contributed by atoms with Crippen molar-refractivity contribution in [2.24, 2.45) is 16.1 Å². The topological polar surface area (TPSA) is 79.9 Å². The van der Waals surface area contributed by atoms with Gasteiger partial charge < -0.3 is 18.8 Å². The first-order chi connectivity index (χ1) is 18.3. The highest BCUT2D eigenvalue weighted by atomic mass is 32.2. The number of furan rings is 1. The number of thioether (sulfide) groups is 1. The minimum atomic E-state index is -0.148. The Morgan fingerprint density at radius 3 is 2.50 bits per heavy atom. The number of benzene rings is 2. The van der Waals surface area contributed by atoms with Crippen LogP contribution in [-0.2, 0) is 11.3 Å². The molecule has 1 amide bonds. The van der Waals surface area contributed by atoms with Gasteiger partial charge in [-0.1, -0.05) is 26.0 Å². The second-order valence-electron chi connectivity index (χ2n) is 9.31. The van der Waals surface area contributed by atoms with E-state index in [2.05, 4.69) is 24.1 Å². The summed E-state index contributed by atoms with van der Waals surface area (Å²) in [7, 11) is 5.59. The third-order valence-electron chi connectivity index (χ3n) is 5.60. The molecule has 0 radical (unpaired) electrons. The first-order valence-electron chi connectivity index (χ1n) is 12.3. The number of carbonyl (C=O) groups excluding carboxylic acids is 1. The van der Waals surface area contributed by atoms with Gasteiger partial charge in [0.1, 0.15) is 5.76 Å². The smallest absolute Gasteiger partial charge is 0.267 e. The van der Waals surface area contributed by atoms with Gasteiger partial charge in [0.2, 0.25) is 0 Å². The van der Waals surface area contributed by atoms with Crippen LogP contribution in [-0.4, -0.2) is 50.0 Å². The molecule has 0 saturated carbocycles. The van der Waals surface area contributed by atoms with Crippen LogP contribution in [0.4, 0.5) is 5.69 Å². The zero-order valence-corrected chi connectivity index (χ0v) is 23.1. The van der Waals surface area contributed by atoms with Crippen molar-refractivity contribution in [2.75, 3.05) is 32.7 Å². The number of carbonyl (C=O) groups is 1. The summed E-state index contributed by atoms with van der Waals surface area (Å²) in [5.41, 5.74) is 2.82. The van der Waals surface area contributed by atoms with Crippen LogP contribution in [0.5, 0.6) is 11.5 Å². The first kappa shape index (κ1) is 27.1. The molecule has 0 aliphatic carbocycles. The van der Waals surface area contributed by atoms with Crippen molar-refractivity contribution in [3.63, 3.8) is 0 Å². The molecule has 1 saturated heterocycles. The highest BCUT2D eigenvalue weighted by Crippen LogP contribution is 2.34. The molecule has 38 heavy (non-hydrogen) atoms. The molecule has 0 spiro atoms. The van der Waals surface area contributed by atoms with E-state index in [0.29, 0.717) is 39.9 Å². The van der Waals surface area contributed by atoms with Crippen LogP contribution in [0.1, 0.15) is 30.7 Å². The lowest BCUT2D eigenvalue weighted by atomic mass is 10.2. The Kier molecular flexibility index (Phi) is 8.91. The standard InChI is InChI=1S/C29H32N4O4S/c1-20(2)19-37-25-13-10-22(15-26(25)35-5)17-30-31-29-33(18-24-7-6-14-36-24)28(34)27(38-29)16-21-8-11-23(12-9-21)32(3)4/h6-17,20H,18-19H2,1-5H3/b27-16-,30-17+,31-29-. The molecule has 0 bridgehead atoms. The molecule has 4 rings (SSSR count). The van der Waals surface area contributed by atoms with Crippen LogP contribution in [0.25, 0.3) is 6.08 Å². The van der Waals surface area contributed by atoms with Gasteiger partial charge in [-0.25, -0.2) is 0 Å². The number of hydrogen-bond donors (Lipinski definition) is 0. The van der Waals surface area contributed by atoms with Crippen LogP contribution in [0.15, 0.2) is 80.4 Å². The van der Waals surface area contributed by atoms with Crippen molar-refractivity contribution < 1.29 is 18.7 Å². The molecule has 2 aromatic carbocycles. The summed E-state index contributed by atoms with van der Waals surface area (Å²) in [5.74, 6) is 2.22. The maximum Gasteiger partial charge on any atom is 0.267 e. The summed E-state index contributed by atoms with van der Waals surface area (Å²) in [6.07, 6.45) is 5.08. The Morgan fingerprint density at radius 1 is 1.08 bits per heavy atom. The lowest BCUT2D eigenvalue weighted by Crippen LogP contribution is -2.28. The third-order valence-corrected chi connectivity index (χ3v) is 6.60. The van der Waals surface area contributed by atoms with Gasteiger partial charge >= 0.3 is 0 Å². The Morgan fingerprint density at radius 2 is 1.84 bits per heavy atom. The number of amidine groups is 1. The van der Waals surface area contributed by atoms with Crippen LogP contribution in [0, 0.1) is 5.92 Å². The van der Waals surface area contributed by atoms with E-state index in [1.54, 1.807) is 30.6 Å². The van der Waals surface area contributed by atoms with E-state index in [1.807, 2.05) is 73.6 Å². The Hall–Kier alpha value is -3.98. The average molecular weight is 533 g/mol. The van der Waals surface area contributed by atoms with E-state index in [1.165, 1.54) is 11.8 Å². The number of rotatable bonds is 10. The monoisotopic (exact) mass is 532 g/mol. The van der Waals surface area contributed by atoms with Gasteiger partial charge in [0.05, 0.1) is 37.6 Å². The quantitative estimate of drug-likeness (QED) is 0.184. The molecule has 1 aliphatic rings. The number of nitrogens with zero attached hydrogens (tertiary/aromatic N) is 4. The Balaban J connectivity index is 1.56. The third kappa shape index (κ3) is 6.86. The number of methoxy groups -OCH3 is 1. The number of ether oxygens (including phenoxy) is 2. The summed E-state index contributed by atoms with van der Waals surface area (Å²) in [6, 6.07) is 17.2. The molecular formula is C29H32N4O4S. The first-order valence-corrected chi connectivity index (χ1v) is 13.1. The van der Waals surface area contributed by atoms with Crippen molar-refractivity contribution >= 4 is 40.8 Å². The summed E-state index contributed by atoms with van der Waals surface area (Å²) in [4.78, 5) is 17.5. The molecule has 2 heterocycles. The van der Waals surface area contributed by atoms with E-state index in [4.69, 9.17) is 13.9 Å². The highest BCUT2D eigenvalue weighted by Gasteiger charge is 2.34. The molecule has 3 aromatic rings. The predicted molar refractivity (Wildman–Crippen MR) is 154 cm³/mol. The fourth-order valence-electron chi connectivity index (χ4n) is 3.59.